The van der Waals surface area contributed by atoms with Crippen molar-refractivity contribution in [3.8, 4) is 11.1 Å². The Hall–Kier alpha value is -1.85. The minimum atomic E-state index is -3.44. The molecule has 146 valence electrons. The highest BCUT2D eigenvalue weighted by Gasteiger charge is 2.16. The van der Waals surface area contributed by atoms with E-state index in [4.69, 9.17) is 23.2 Å². The Morgan fingerprint density at radius 1 is 0.857 bits per heavy atom. The van der Waals surface area contributed by atoms with Gasteiger partial charge in [-0.3, -0.25) is 0 Å². The van der Waals surface area contributed by atoms with Crippen LogP contribution in [0.3, 0.4) is 0 Å². The maximum absolute atomic E-state index is 12.8. The van der Waals surface area contributed by atoms with Crippen LogP contribution in [0.1, 0.15) is 11.1 Å². The molecule has 0 amide bonds. The van der Waals surface area contributed by atoms with E-state index in [0.717, 1.165) is 28.8 Å². The molecule has 0 spiro atoms. The highest BCUT2D eigenvalue weighted by molar-refractivity contribution is 7.90. The largest absolute Gasteiger partial charge is 0.305 e. The summed E-state index contributed by atoms with van der Waals surface area (Å²) in [6, 6.07) is 19.7. The number of benzene rings is 3. The molecule has 0 aromatic heterocycles. The van der Waals surface area contributed by atoms with Crippen LogP contribution in [0.2, 0.25) is 10.0 Å². The lowest BCUT2D eigenvalue weighted by Gasteiger charge is -2.11. The number of nitrogens with zero attached hydrogens (tertiary/aromatic N) is 1. The van der Waals surface area contributed by atoms with E-state index in [1.54, 1.807) is 36.4 Å². The summed E-state index contributed by atoms with van der Waals surface area (Å²) in [6.07, 6.45) is 0. The minimum absolute atomic E-state index is 0.0324. The van der Waals surface area contributed by atoms with E-state index in [2.05, 4.69) is 0 Å². The van der Waals surface area contributed by atoms with Gasteiger partial charge in [0.05, 0.1) is 10.6 Å². The molecule has 0 saturated heterocycles. The first-order valence-electron chi connectivity index (χ1n) is 8.75. The third-order valence-corrected chi connectivity index (χ3v) is 6.55. The SMILES string of the molecule is CN(C)Cc1cccc(CS(=O)(=O)c2ccc(-c3ccc(Cl)cc3Cl)cc2)c1. The summed E-state index contributed by atoms with van der Waals surface area (Å²) in [5.74, 6) is -0.0324. The molecule has 28 heavy (non-hydrogen) atoms. The van der Waals surface area contributed by atoms with E-state index >= 15 is 0 Å². The van der Waals surface area contributed by atoms with Gasteiger partial charge in [0.1, 0.15) is 0 Å². The molecule has 3 rings (SSSR count). The summed E-state index contributed by atoms with van der Waals surface area (Å²) < 4.78 is 25.7. The van der Waals surface area contributed by atoms with Crippen molar-refractivity contribution >= 4 is 33.0 Å². The second kappa shape index (κ2) is 8.66. The van der Waals surface area contributed by atoms with Crippen LogP contribution in [0.5, 0.6) is 0 Å². The number of halogens is 2. The highest BCUT2D eigenvalue weighted by atomic mass is 35.5. The van der Waals surface area contributed by atoms with Crippen LogP contribution in [0.4, 0.5) is 0 Å². The van der Waals surface area contributed by atoms with Crippen molar-refractivity contribution in [2.24, 2.45) is 0 Å². The Morgan fingerprint density at radius 2 is 1.54 bits per heavy atom. The summed E-state index contributed by atoms with van der Waals surface area (Å²) in [6.45, 7) is 0.768. The van der Waals surface area contributed by atoms with E-state index in [9.17, 15) is 8.42 Å². The molecule has 0 saturated carbocycles. The summed E-state index contributed by atoms with van der Waals surface area (Å²) >= 11 is 12.2. The van der Waals surface area contributed by atoms with Gasteiger partial charge in [-0.25, -0.2) is 8.42 Å². The molecule has 0 fully saturated rings. The Bertz CT molecular complexity index is 1080. The fourth-order valence-electron chi connectivity index (χ4n) is 3.05. The van der Waals surface area contributed by atoms with Crippen molar-refractivity contribution in [3.05, 3.63) is 87.9 Å². The van der Waals surface area contributed by atoms with Crippen molar-refractivity contribution in [2.75, 3.05) is 14.1 Å². The molecule has 0 N–H and O–H groups in total. The van der Waals surface area contributed by atoms with E-state index in [-0.39, 0.29) is 5.75 Å². The van der Waals surface area contributed by atoms with Crippen LogP contribution in [0, 0.1) is 0 Å². The van der Waals surface area contributed by atoms with Crippen molar-refractivity contribution < 1.29 is 8.42 Å². The van der Waals surface area contributed by atoms with E-state index < -0.39 is 9.84 Å². The van der Waals surface area contributed by atoms with Gasteiger partial charge in [-0.15, -0.1) is 0 Å². The Balaban J connectivity index is 1.83. The van der Waals surface area contributed by atoms with Crippen LogP contribution in [-0.2, 0) is 22.1 Å². The predicted molar refractivity (Wildman–Crippen MR) is 117 cm³/mol. The lowest BCUT2D eigenvalue weighted by Crippen LogP contribution is -2.11. The van der Waals surface area contributed by atoms with Crippen LogP contribution in [0.15, 0.2) is 71.6 Å². The predicted octanol–water partition coefficient (Wildman–Crippen LogP) is 5.70. The number of hydrogen-bond acceptors (Lipinski definition) is 3. The molecule has 0 radical (unpaired) electrons. The van der Waals surface area contributed by atoms with E-state index in [1.807, 2.05) is 49.3 Å². The maximum atomic E-state index is 12.8. The summed E-state index contributed by atoms with van der Waals surface area (Å²) in [5.41, 5.74) is 3.52. The topological polar surface area (TPSA) is 37.4 Å². The standard InChI is InChI=1S/C22H21Cl2NO2S/c1-25(2)14-16-4-3-5-17(12-16)15-28(26,27)20-9-6-18(7-10-20)21-11-8-19(23)13-22(21)24/h3-13H,14-15H2,1-2H3. The molecule has 0 aliphatic carbocycles. The second-order valence-corrected chi connectivity index (χ2v) is 9.80. The lowest BCUT2D eigenvalue weighted by atomic mass is 10.1. The normalized spacial score (nSPS) is 11.8. The van der Waals surface area contributed by atoms with Gasteiger partial charge >= 0.3 is 0 Å². The van der Waals surface area contributed by atoms with Crippen molar-refractivity contribution in [1.82, 2.24) is 4.90 Å². The second-order valence-electron chi connectivity index (χ2n) is 6.97. The Kier molecular flexibility index (Phi) is 6.46. The molecule has 3 aromatic rings. The Morgan fingerprint density at radius 3 is 2.18 bits per heavy atom. The summed E-state index contributed by atoms with van der Waals surface area (Å²) in [7, 11) is 0.526. The van der Waals surface area contributed by atoms with Gasteiger partial charge in [-0.2, -0.15) is 0 Å². The van der Waals surface area contributed by atoms with Crippen LogP contribution < -0.4 is 0 Å². The molecule has 3 nitrogen and oxygen atoms in total. The third kappa shape index (κ3) is 5.15. The zero-order valence-electron chi connectivity index (χ0n) is 15.7. The average molecular weight is 434 g/mol. The van der Waals surface area contributed by atoms with E-state index in [1.165, 1.54) is 0 Å². The molecule has 6 heteroatoms. The molecular weight excluding hydrogens is 413 g/mol. The molecule has 0 aliphatic rings. The fraction of sp³-hybridized carbons (Fsp3) is 0.182. The highest BCUT2D eigenvalue weighted by Crippen LogP contribution is 2.31. The van der Waals surface area contributed by atoms with Gasteiger partial charge in [0, 0.05) is 22.2 Å². The molecule has 3 aromatic carbocycles. The number of hydrogen-bond donors (Lipinski definition) is 0. The first kappa shape index (κ1) is 20.9. The van der Waals surface area contributed by atoms with Crippen molar-refractivity contribution in [1.29, 1.82) is 0 Å². The summed E-state index contributed by atoms with van der Waals surface area (Å²) in [5, 5.41) is 1.09. The zero-order valence-corrected chi connectivity index (χ0v) is 18.0. The van der Waals surface area contributed by atoms with Gasteiger partial charge in [0.2, 0.25) is 0 Å². The van der Waals surface area contributed by atoms with Gasteiger partial charge < -0.3 is 4.90 Å². The number of rotatable bonds is 6. The molecule has 0 atom stereocenters. The monoisotopic (exact) mass is 433 g/mol. The quantitative estimate of drug-likeness (QED) is 0.500. The molecule has 0 aliphatic heterocycles. The van der Waals surface area contributed by atoms with Crippen LogP contribution >= 0.6 is 23.2 Å². The molecular formula is C22H21Cl2NO2S. The molecule has 0 unspecified atom stereocenters. The molecule has 0 bridgehead atoms. The first-order chi connectivity index (χ1) is 13.2. The Labute approximate surface area is 176 Å². The van der Waals surface area contributed by atoms with Gasteiger partial charge in [-0.1, -0.05) is 65.7 Å². The fourth-order valence-corrected chi connectivity index (χ4v) is 4.90. The third-order valence-electron chi connectivity index (χ3n) is 4.30. The zero-order chi connectivity index (χ0) is 20.3. The van der Waals surface area contributed by atoms with Crippen LogP contribution in [-0.4, -0.2) is 27.4 Å². The maximum Gasteiger partial charge on any atom is 0.182 e. The smallest absolute Gasteiger partial charge is 0.182 e. The van der Waals surface area contributed by atoms with Crippen LogP contribution in [0.25, 0.3) is 11.1 Å². The number of sulfone groups is 1. The average Bonchev–Trinajstić information content (AvgIpc) is 2.61. The van der Waals surface area contributed by atoms with Crippen molar-refractivity contribution in [3.63, 3.8) is 0 Å². The summed E-state index contributed by atoms with van der Waals surface area (Å²) in [4.78, 5) is 2.34. The van der Waals surface area contributed by atoms with Crippen molar-refractivity contribution in [2.45, 2.75) is 17.2 Å². The van der Waals surface area contributed by atoms with Gasteiger partial charge in [0.25, 0.3) is 0 Å². The first-order valence-corrected chi connectivity index (χ1v) is 11.2. The van der Waals surface area contributed by atoms with Gasteiger partial charge in [-0.05, 0) is 55.1 Å². The van der Waals surface area contributed by atoms with Gasteiger partial charge in [0.15, 0.2) is 9.84 Å². The lowest BCUT2D eigenvalue weighted by molar-refractivity contribution is 0.402. The minimum Gasteiger partial charge on any atom is -0.305 e. The van der Waals surface area contributed by atoms with E-state index in [0.29, 0.717) is 14.9 Å². The molecule has 0 heterocycles.